The minimum atomic E-state index is 0.738. The lowest BCUT2D eigenvalue weighted by atomic mass is 10.4. The zero-order valence-corrected chi connectivity index (χ0v) is 5.11. The summed E-state index contributed by atoms with van der Waals surface area (Å²) in [6.07, 6.45) is 2.94. The molecule has 6 heavy (non-hydrogen) atoms. The van der Waals surface area contributed by atoms with E-state index in [1.807, 2.05) is 11.1 Å². The van der Waals surface area contributed by atoms with Crippen LogP contribution >= 0.6 is 15.9 Å². The summed E-state index contributed by atoms with van der Waals surface area (Å²) in [5.41, 5.74) is 5.14. The van der Waals surface area contributed by atoms with Crippen molar-refractivity contribution in [1.82, 2.24) is 0 Å². The molecule has 0 aromatic heterocycles. The molecule has 36 valence electrons. The van der Waals surface area contributed by atoms with Crippen LogP contribution in [0.1, 0.15) is 6.42 Å². The predicted molar refractivity (Wildman–Crippen MR) is 31.7 cm³/mol. The van der Waals surface area contributed by atoms with Crippen molar-refractivity contribution in [3.8, 4) is 0 Å². The highest BCUT2D eigenvalue weighted by Gasteiger charge is 1.65. The molecule has 0 heterocycles. The van der Waals surface area contributed by atoms with Gasteiger partial charge in [0.1, 0.15) is 0 Å². The van der Waals surface area contributed by atoms with E-state index in [9.17, 15) is 0 Å². The zero-order chi connectivity index (χ0) is 4.83. The van der Waals surface area contributed by atoms with Gasteiger partial charge in [0, 0.05) is 0 Å². The van der Waals surface area contributed by atoms with E-state index in [0.29, 0.717) is 0 Å². The quantitative estimate of drug-likeness (QED) is 0.629. The van der Waals surface area contributed by atoms with Gasteiger partial charge in [0.15, 0.2) is 0 Å². The highest BCUT2D eigenvalue weighted by atomic mass is 79.9. The molecule has 0 bridgehead atoms. The molecule has 0 aliphatic rings. The van der Waals surface area contributed by atoms with Crippen LogP contribution in [-0.4, -0.2) is 6.54 Å². The Bertz CT molecular complexity index is 42.8. The van der Waals surface area contributed by atoms with Gasteiger partial charge in [-0.3, -0.25) is 0 Å². The first-order chi connectivity index (χ1) is 2.91. The molecule has 0 spiro atoms. The van der Waals surface area contributed by atoms with Crippen LogP contribution in [0.5, 0.6) is 0 Å². The monoisotopic (exact) mass is 149 g/mol. The lowest BCUT2D eigenvalue weighted by Crippen LogP contribution is -1.94. The molecule has 0 aromatic rings. The fourth-order valence-electron chi connectivity index (χ4n) is 0.159. The standard InChI is InChI=1S/C4H8BrN/c5-3-1-2-4-6/h1,3H,2,4,6H2. The Kier molecular flexibility index (Phi) is 5.34. The lowest BCUT2D eigenvalue weighted by molar-refractivity contribution is 1.01. The minimum absolute atomic E-state index is 0.738. The lowest BCUT2D eigenvalue weighted by Gasteiger charge is -1.76. The molecular formula is C4H8BrN. The maximum atomic E-state index is 5.14. The van der Waals surface area contributed by atoms with Gasteiger partial charge in [-0.15, -0.1) is 0 Å². The van der Waals surface area contributed by atoms with E-state index in [2.05, 4.69) is 15.9 Å². The Morgan fingerprint density at radius 1 is 1.67 bits per heavy atom. The SMILES string of the molecule is NCCC=CBr. The third kappa shape index (κ3) is 4.18. The Morgan fingerprint density at radius 3 is 2.50 bits per heavy atom. The van der Waals surface area contributed by atoms with Crippen LogP contribution in [0.15, 0.2) is 11.1 Å². The topological polar surface area (TPSA) is 26.0 Å². The van der Waals surface area contributed by atoms with Gasteiger partial charge in [0.05, 0.1) is 0 Å². The van der Waals surface area contributed by atoms with Crippen LogP contribution in [0.25, 0.3) is 0 Å². The molecular weight excluding hydrogens is 142 g/mol. The molecule has 0 aliphatic heterocycles. The molecule has 0 aliphatic carbocycles. The molecule has 0 rings (SSSR count). The highest BCUT2D eigenvalue weighted by molar-refractivity contribution is 9.11. The molecule has 0 atom stereocenters. The van der Waals surface area contributed by atoms with Gasteiger partial charge < -0.3 is 5.73 Å². The summed E-state index contributed by atoms with van der Waals surface area (Å²) in [7, 11) is 0. The summed E-state index contributed by atoms with van der Waals surface area (Å²) in [4.78, 5) is 1.82. The molecule has 0 aromatic carbocycles. The van der Waals surface area contributed by atoms with Gasteiger partial charge in [0.2, 0.25) is 0 Å². The minimum Gasteiger partial charge on any atom is -0.330 e. The molecule has 1 nitrogen and oxygen atoms in total. The Morgan fingerprint density at radius 2 is 2.33 bits per heavy atom. The summed E-state index contributed by atoms with van der Waals surface area (Å²) < 4.78 is 0. The predicted octanol–water partition coefficient (Wildman–Crippen LogP) is 1.24. The second-order valence-corrected chi connectivity index (χ2v) is 1.47. The average molecular weight is 150 g/mol. The van der Waals surface area contributed by atoms with Gasteiger partial charge >= 0.3 is 0 Å². The van der Waals surface area contributed by atoms with Crippen LogP contribution in [0, 0.1) is 0 Å². The maximum absolute atomic E-state index is 5.14. The summed E-state index contributed by atoms with van der Waals surface area (Å²) >= 11 is 3.11. The summed E-state index contributed by atoms with van der Waals surface area (Å²) in [6.45, 7) is 0.738. The molecule has 0 fully saturated rings. The Balaban J connectivity index is 2.66. The zero-order valence-electron chi connectivity index (χ0n) is 3.52. The molecule has 2 heteroatoms. The first-order valence-corrected chi connectivity index (χ1v) is 2.78. The largest absolute Gasteiger partial charge is 0.330 e. The van der Waals surface area contributed by atoms with Crippen LogP contribution in [0.3, 0.4) is 0 Å². The summed E-state index contributed by atoms with van der Waals surface area (Å²) in [5.74, 6) is 0. The number of halogens is 1. The van der Waals surface area contributed by atoms with Crippen molar-refractivity contribution in [2.45, 2.75) is 6.42 Å². The van der Waals surface area contributed by atoms with Gasteiger partial charge in [-0.2, -0.15) is 0 Å². The summed E-state index contributed by atoms with van der Waals surface area (Å²) in [6, 6.07) is 0. The van der Waals surface area contributed by atoms with E-state index in [4.69, 9.17) is 5.73 Å². The number of hydrogen-bond donors (Lipinski definition) is 1. The number of nitrogens with two attached hydrogens (primary N) is 1. The van der Waals surface area contributed by atoms with Crippen LogP contribution in [-0.2, 0) is 0 Å². The van der Waals surface area contributed by atoms with E-state index in [1.165, 1.54) is 0 Å². The average Bonchev–Trinajstić information content (AvgIpc) is 1.61. The van der Waals surface area contributed by atoms with E-state index in [1.54, 1.807) is 0 Å². The van der Waals surface area contributed by atoms with Crippen molar-refractivity contribution in [2.24, 2.45) is 5.73 Å². The second kappa shape index (κ2) is 5.18. The number of hydrogen-bond acceptors (Lipinski definition) is 1. The maximum Gasteiger partial charge on any atom is -0.00423 e. The fourth-order valence-corrected chi connectivity index (χ4v) is 0.424. The van der Waals surface area contributed by atoms with Crippen molar-refractivity contribution in [1.29, 1.82) is 0 Å². The molecule has 0 radical (unpaired) electrons. The molecule has 0 amide bonds. The van der Waals surface area contributed by atoms with E-state index in [0.717, 1.165) is 13.0 Å². The van der Waals surface area contributed by atoms with E-state index in [-0.39, 0.29) is 0 Å². The molecule has 2 N–H and O–H groups in total. The number of rotatable bonds is 2. The van der Waals surface area contributed by atoms with Crippen LogP contribution in [0.4, 0.5) is 0 Å². The van der Waals surface area contributed by atoms with Crippen molar-refractivity contribution in [3.63, 3.8) is 0 Å². The summed E-state index contributed by atoms with van der Waals surface area (Å²) in [5, 5.41) is 0. The fraction of sp³-hybridized carbons (Fsp3) is 0.500. The first-order valence-electron chi connectivity index (χ1n) is 1.87. The van der Waals surface area contributed by atoms with Crippen molar-refractivity contribution >= 4 is 15.9 Å². The normalized spacial score (nSPS) is 10.3. The van der Waals surface area contributed by atoms with Gasteiger partial charge in [-0.1, -0.05) is 22.0 Å². The Hall–Kier alpha value is 0.180. The van der Waals surface area contributed by atoms with Crippen molar-refractivity contribution in [3.05, 3.63) is 11.1 Å². The third-order valence-corrected chi connectivity index (χ3v) is 0.796. The molecule has 0 saturated carbocycles. The van der Waals surface area contributed by atoms with Crippen molar-refractivity contribution < 1.29 is 0 Å². The molecule has 0 unspecified atom stereocenters. The van der Waals surface area contributed by atoms with Crippen LogP contribution < -0.4 is 5.73 Å². The first kappa shape index (κ1) is 6.18. The smallest absolute Gasteiger partial charge is 0.00423 e. The highest BCUT2D eigenvalue weighted by Crippen LogP contribution is 1.83. The second-order valence-electron chi connectivity index (χ2n) is 0.939. The molecule has 0 saturated heterocycles. The van der Waals surface area contributed by atoms with E-state index < -0.39 is 0 Å². The van der Waals surface area contributed by atoms with Crippen LogP contribution in [0.2, 0.25) is 0 Å². The van der Waals surface area contributed by atoms with Crippen molar-refractivity contribution in [2.75, 3.05) is 6.54 Å². The van der Waals surface area contributed by atoms with Gasteiger partial charge in [-0.05, 0) is 18.0 Å². The van der Waals surface area contributed by atoms with Gasteiger partial charge in [0.25, 0.3) is 0 Å². The Labute approximate surface area is 46.4 Å². The van der Waals surface area contributed by atoms with E-state index >= 15 is 0 Å². The van der Waals surface area contributed by atoms with Gasteiger partial charge in [-0.25, -0.2) is 0 Å². The third-order valence-electron chi connectivity index (χ3n) is 0.422.